The summed E-state index contributed by atoms with van der Waals surface area (Å²) >= 11 is 0. The fourth-order valence-electron chi connectivity index (χ4n) is 2.39. The molecule has 1 aliphatic rings. The molecule has 0 saturated heterocycles. The first-order chi connectivity index (χ1) is 8.72. The van der Waals surface area contributed by atoms with Crippen molar-refractivity contribution in [1.29, 1.82) is 0 Å². The Morgan fingerprint density at radius 3 is 2.83 bits per heavy atom. The summed E-state index contributed by atoms with van der Waals surface area (Å²) in [4.78, 5) is 0. The van der Waals surface area contributed by atoms with E-state index in [-0.39, 0.29) is 18.4 Å². The molecule has 1 aromatic rings. The van der Waals surface area contributed by atoms with E-state index in [1.165, 1.54) is 6.07 Å². The molecule has 0 bridgehead atoms. The first kappa shape index (κ1) is 13.3. The number of hydrogen-bond donors (Lipinski definition) is 2. The van der Waals surface area contributed by atoms with Gasteiger partial charge in [0.2, 0.25) is 0 Å². The summed E-state index contributed by atoms with van der Waals surface area (Å²) in [7, 11) is 0. The van der Waals surface area contributed by atoms with Crippen molar-refractivity contribution in [2.24, 2.45) is 5.73 Å². The molecule has 18 heavy (non-hydrogen) atoms. The maximum absolute atomic E-state index is 13.8. The molecule has 1 aliphatic carbocycles. The van der Waals surface area contributed by atoms with E-state index in [1.54, 1.807) is 12.1 Å². The largest absolute Gasteiger partial charge is 0.484 e. The number of nitrogens with two attached hydrogens (primary N) is 1. The van der Waals surface area contributed by atoms with Crippen LogP contribution in [0.5, 0.6) is 5.75 Å². The Hall–Kier alpha value is -1.13. The normalized spacial score (nSPS) is 24.6. The number of para-hydroxylation sites is 1. The molecule has 0 spiro atoms. The van der Waals surface area contributed by atoms with Crippen LogP contribution in [0.1, 0.15) is 37.7 Å². The Kier molecular flexibility index (Phi) is 4.55. The van der Waals surface area contributed by atoms with Crippen LogP contribution < -0.4 is 10.5 Å². The monoisotopic (exact) mass is 253 g/mol. The van der Waals surface area contributed by atoms with Gasteiger partial charge < -0.3 is 15.6 Å². The summed E-state index contributed by atoms with van der Waals surface area (Å²) in [5, 5.41) is 9.99. The first-order valence-corrected chi connectivity index (χ1v) is 6.54. The molecule has 1 aromatic carbocycles. The number of halogens is 1. The second-order valence-electron chi connectivity index (χ2n) is 4.79. The van der Waals surface area contributed by atoms with Crippen molar-refractivity contribution in [2.75, 3.05) is 0 Å². The highest BCUT2D eigenvalue weighted by Gasteiger charge is 2.25. The summed E-state index contributed by atoms with van der Waals surface area (Å²) in [6, 6.07) is 4.73. The zero-order chi connectivity index (χ0) is 13.0. The fraction of sp³-hybridized carbons (Fsp3) is 0.571. The fourth-order valence-corrected chi connectivity index (χ4v) is 2.39. The van der Waals surface area contributed by atoms with Crippen LogP contribution in [-0.4, -0.2) is 17.3 Å². The average molecular weight is 253 g/mol. The third kappa shape index (κ3) is 3.00. The average Bonchev–Trinajstić information content (AvgIpc) is 2.57. The van der Waals surface area contributed by atoms with Crippen molar-refractivity contribution in [1.82, 2.24) is 0 Å². The molecule has 0 radical (unpaired) electrons. The molecule has 1 fully saturated rings. The van der Waals surface area contributed by atoms with Crippen molar-refractivity contribution in [3.63, 3.8) is 0 Å². The van der Waals surface area contributed by atoms with E-state index in [0.717, 1.165) is 32.1 Å². The Morgan fingerprint density at radius 2 is 2.06 bits per heavy atom. The second-order valence-corrected chi connectivity index (χ2v) is 4.79. The lowest BCUT2D eigenvalue weighted by molar-refractivity contribution is 0.0292. The Balaban J connectivity index is 2.16. The van der Waals surface area contributed by atoms with Gasteiger partial charge in [-0.15, -0.1) is 0 Å². The molecule has 100 valence electrons. The van der Waals surface area contributed by atoms with Gasteiger partial charge in [0.15, 0.2) is 11.6 Å². The van der Waals surface area contributed by atoms with Crippen molar-refractivity contribution < 1.29 is 14.2 Å². The zero-order valence-corrected chi connectivity index (χ0v) is 10.4. The van der Waals surface area contributed by atoms with Gasteiger partial charge in [0.05, 0.1) is 6.10 Å². The van der Waals surface area contributed by atoms with Gasteiger partial charge in [-0.2, -0.15) is 0 Å². The number of benzene rings is 1. The Bertz CT molecular complexity index is 397. The zero-order valence-electron chi connectivity index (χ0n) is 10.4. The predicted molar refractivity (Wildman–Crippen MR) is 67.8 cm³/mol. The predicted octanol–water partition coefficient (Wildman–Crippen LogP) is 2.36. The molecule has 4 heteroatoms. The van der Waals surface area contributed by atoms with Gasteiger partial charge in [0.1, 0.15) is 6.10 Å². The van der Waals surface area contributed by atoms with Crippen LogP contribution in [0.4, 0.5) is 4.39 Å². The lowest BCUT2D eigenvalue weighted by Crippen LogP contribution is -2.31. The topological polar surface area (TPSA) is 55.5 Å². The van der Waals surface area contributed by atoms with Gasteiger partial charge in [0.25, 0.3) is 0 Å². The van der Waals surface area contributed by atoms with E-state index < -0.39 is 11.9 Å². The second kappa shape index (κ2) is 6.16. The lowest BCUT2D eigenvalue weighted by Gasteiger charge is -2.23. The molecular weight excluding hydrogens is 233 g/mol. The van der Waals surface area contributed by atoms with Gasteiger partial charge in [-0.1, -0.05) is 25.0 Å². The van der Waals surface area contributed by atoms with E-state index in [0.29, 0.717) is 5.56 Å². The number of rotatable bonds is 3. The van der Waals surface area contributed by atoms with Gasteiger partial charge in [-0.3, -0.25) is 0 Å². The quantitative estimate of drug-likeness (QED) is 0.813. The Labute approximate surface area is 107 Å². The lowest BCUT2D eigenvalue weighted by atomic mass is 10.1. The summed E-state index contributed by atoms with van der Waals surface area (Å²) in [6.45, 7) is 0.232. The summed E-state index contributed by atoms with van der Waals surface area (Å²) in [5.74, 6) is -0.208. The minimum Gasteiger partial charge on any atom is -0.484 e. The molecular formula is C14H20FNO2. The highest BCUT2D eigenvalue weighted by molar-refractivity contribution is 5.35. The van der Waals surface area contributed by atoms with Gasteiger partial charge in [-0.05, 0) is 25.3 Å². The van der Waals surface area contributed by atoms with Crippen molar-refractivity contribution >= 4 is 0 Å². The molecule has 2 unspecified atom stereocenters. The van der Waals surface area contributed by atoms with Crippen molar-refractivity contribution in [3.05, 3.63) is 29.6 Å². The van der Waals surface area contributed by atoms with Crippen molar-refractivity contribution in [2.45, 2.75) is 50.9 Å². The first-order valence-electron chi connectivity index (χ1n) is 6.54. The van der Waals surface area contributed by atoms with Crippen LogP contribution in [0.2, 0.25) is 0 Å². The minimum absolute atomic E-state index is 0.200. The van der Waals surface area contributed by atoms with Crippen LogP contribution >= 0.6 is 0 Å². The minimum atomic E-state index is -0.516. The number of ether oxygens (including phenoxy) is 1. The molecule has 2 rings (SSSR count). The van der Waals surface area contributed by atoms with Gasteiger partial charge in [0, 0.05) is 12.1 Å². The van der Waals surface area contributed by atoms with Crippen molar-refractivity contribution in [3.8, 4) is 5.75 Å². The standard InChI is InChI=1S/C14H20FNO2/c15-11-6-4-5-10(9-16)14(11)18-13-8-3-1-2-7-12(13)17/h4-6,12-13,17H,1-3,7-9,16H2. The van der Waals surface area contributed by atoms with Crippen LogP contribution in [0.15, 0.2) is 18.2 Å². The Morgan fingerprint density at radius 1 is 1.28 bits per heavy atom. The number of aliphatic hydroxyl groups is 1. The number of hydrogen-bond acceptors (Lipinski definition) is 3. The van der Waals surface area contributed by atoms with E-state index >= 15 is 0 Å². The van der Waals surface area contributed by atoms with E-state index in [9.17, 15) is 9.50 Å². The third-order valence-electron chi connectivity index (χ3n) is 3.46. The highest BCUT2D eigenvalue weighted by Crippen LogP contribution is 2.28. The highest BCUT2D eigenvalue weighted by atomic mass is 19.1. The molecule has 2 atom stereocenters. The maximum atomic E-state index is 13.8. The summed E-state index contributed by atoms with van der Waals surface area (Å²) < 4.78 is 19.5. The van der Waals surface area contributed by atoms with Crippen LogP contribution in [-0.2, 0) is 6.54 Å². The van der Waals surface area contributed by atoms with E-state index in [1.807, 2.05) is 0 Å². The molecule has 0 amide bonds. The molecule has 0 aromatic heterocycles. The molecule has 3 N–H and O–H groups in total. The summed E-state index contributed by atoms with van der Waals surface area (Å²) in [5.41, 5.74) is 6.23. The van der Waals surface area contributed by atoms with Crippen LogP contribution in [0.3, 0.4) is 0 Å². The SMILES string of the molecule is NCc1cccc(F)c1OC1CCCCCC1O. The number of aliphatic hydroxyl groups excluding tert-OH is 1. The van der Waals surface area contributed by atoms with E-state index in [4.69, 9.17) is 10.5 Å². The summed E-state index contributed by atoms with van der Waals surface area (Å²) in [6.07, 6.45) is 3.75. The van der Waals surface area contributed by atoms with E-state index in [2.05, 4.69) is 0 Å². The van der Waals surface area contributed by atoms with Gasteiger partial charge >= 0.3 is 0 Å². The van der Waals surface area contributed by atoms with Crippen LogP contribution in [0, 0.1) is 5.82 Å². The molecule has 0 heterocycles. The van der Waals surface area contributed by atoms with Crippen LogP contribution in [0.25, 0.3) is 0 Å². The molecule has 3 nitrogen and oxygen atoms in total. The molecule has 0 aliphatic heterocycles. The molecule has 1 saturated carbocycles. The third-order valence-corrected chi connectivity index (χ3v) is 3.46. The van der Waals surface area contributed by atoms with Gasteiger partial charge in [-0.25, -0.2) is 4.39 Å². The smallest absolute Gasteiger partial charge is 0.165 e. The maximum Gasteiger partial charge on any atom is 0.165 e.